The molecule has 1 aromatic heterocycles. The summed E-state index contributed by atoms with van der Waals surface area (Å²) in [7, 11) is 3.25. The van der Waals surface area contributed by atoms with E-state index in [0.29, 0.717) is 28.1 Å². The number of carboxylic acids is 1. The Bertz CT molecular complexity index is 2320. The quantitative estimate of drug-likeness (QED) is 0.0606. The van der Waals surface area contributed by atoms with E-state index >= 15 is 0 Å². The number of carbonyl (C=O) groups is 2. The van der Waals surface area contributed by atoms with Crippen molar-refractivity contribution in [3.05, 3.63) is 156 Å². The van der Waals surface area contributed by atoms with Crippen LogP contribution in [0.1, 0.15) is 66.2 Å². The van der Waals surface area contributed by atoms with Crippen LogP contribution in [0.4, 0.5) is 10.1 Å². The number of aliphatic hydroxyl groups excluding tert-OH is 2. The van der Waals surface area contributed by atoms with Gasteiger partial charge in [-0.3, -0.25) is 9.59 Å². The summed E-state index contributed by atoms with van der Waals surface area (Å²) in [5, 5.41) is 42.0. The lowest BCUT2D eigenvalue weighted by Crippen LogP contribution is -2.22. The molecule has 60 heavy (non-hydrogen) atoms. The Morgan fingerprint density at radius 2 is 1.33 bits per heavy atom. The number of rotatable bonds is 16. The van der Waals surface area contributed by atoms with E-state index in [1.54, 1.807) is 38.5 Å². The lowest BCUT2D eigenvalue weighted by molar-refractivity contribution is -0.139. The molecule has 5 N–H and O–H groups in total. The average molecular weight is 815 g/mol. The van der Waals surface area contributed by atoms with Crippen LogP contribution in [0, 0.1) is 5.82 Å². The summed E-state index contributed by atoms with van der Waals surface area (Å²) in [6.45, 7) is 4.25. The number of para-hydroxylation sites is 1. The molecule has 0 aliphatic heterocycles. The van der Waals surface area contributed by atoms with Crippen LogP contribution in [0.2, 0.25) is 0 Å². The third kappa shape index (κ3) is 12.2. The number of halogens is 1. The van der Waals surface area contributed by atoms with E-state index in [1.165, 1.54) is 12.1 Å². The van der Waals surface area contributed by atoms with Crippen molar-refractivity contribution in [2.75, 3.05) is 19.5 Å². The molecule has 11 heteroatoms. The maximum absolute atomic E-state index is 14.0. The lowest BCUT2D eigenvalue weighted by Gasteiger charge is -2.20. The standard InChI is InChI=1S/C33H35FN2O5.C16H16O3/c1-21(2)31-30(33(41)35-25-11-7-4-8-12-25)29(22-9-5-3-6-10-22)32(23-13-15-24(34)16-14-23)36(31)18-17-26(37)19-27(38)20-28(39)40;1-18-15-9-13(10-16(11-15)19-2)4-3-12-5-7-14(17)8-6-12/h3-16,21,26-27,37-38H,17-20H2,1-2H3,(H,35,41)(H,39,40);3-11,17H,1-2H3/b;4-3+/t26-,27-;/m1./s1. The van der Waals surface area contributed by atoms with Crippen molar-refractivity contribution >= 4 is 29.7 Å². The van der Waals surface area contributed by atoms with Gasteiger partial charge in [0.2, 0.25) is 0 Å². The fourth-order valence-electron chi connectivity index (χ4n) is 6.91. The highest BCUT2D eigenvalue weighted by molar-refractivity contribution is 6.12. The van der Waals surface area contributed by atoms with Crippen LogP contribution in [0.5, 0.6) is 17.2 Å². The second kappa shape index (κ2) is 21.4. The number of aliphatic hydroxyl groups is 2. The monoisotopic (exact) mass is 814 g/mol. The number of benzene rings is 5. The molecule has 0 aliphatic rings. The number of anilines is 1. The molecule has 10 nitrogen and oxygen atoms in total. The fraction of sp³-hybridized carbons (Fsp3) is 0.224. The third-order valence-electron chi connectivity index (χ3n) is 9.66. The van der Waals surface area contributed by atoms with E-state index in [0.717, 1.165) is 33.9 Å². The number of hydrogen-bond donors (Lipinski definition) is 5. The molecule has 312 valence electrons. The number of amides is 1. The van der Waals surface area contributed by atoms with Crippen LogP contribution < -0.4 is 14.8 Å². The van der Waals surface area contributed by atoms with Crippen molar-refractivity contribution in [2.45, 2.75) is 57.8 Å². The second-order valence-corrected chi connectivity index (χ2v) is 14.5. The summed E-state index contributed by atoms with van der Waals surface area (Å²) >= 11 is 0. The number of aromatic nitrogens is 1. The Labute approximate surface area is 349 Å². The van der Waals surface area contributed by atoms with E-state index in [4.69, 9.17) is 14.6 Å². The molecular weight excluding hydrogens is 764 g/mol. The lowest BCUT2D eigenvalue weighted by atomic mass is 9.94. The van der Waals surface area contributed by atoms with E-state index in [-0.39, 0.29) is 42.8 Å². The number of aromatic hydroxyl groups is 1. The van der Waals surface area contributed by atoms with Crippen molar-refractivity contribution in [3.8, 4) is 39.6 Å². The van der Waals surface area contributed by atoms with Crippen LogP contribution in [0.15, 0.2) is 127 Å². The van der Waals surface area contributed by atoms with Crippen LogP contribution in [0.3, 0.4) is 0 Å². The molecule has 6 aromatic rings. The number of nitrogens with one attached hydrogen (secondary N) is 1. The van der Waals surface area contributed by atoms with Gasteiger partial charge in [-0.1, -0.05) is 86.7 Å². The third-order valence-corrected chi connectivity index (χ3v) is 9.66. The van der Waals surface area contributed by atoms with E-state index in [9.17, 15) is 29.3 Å². The molecule has 1 amide bonds. The normalized spacial score (nSPS) is 12.1. The van der Waals surface area contributed by atoms with Gasteiger partial charge in [-0.25, -0.2) is 4.39 Å². The minimum absolute atomic E-state index is 0.0939. The number of nitrogens with zero attached hydrogens (tertiary/aromatic N) is 1. The molecule has 0 aliphatic carbocycles. The van der Waals surface area contributed by atoms with Crippen molar-refractivity contribution in [2.24, 2.45) is 0 Å². The maximum Gasteiger partial charge on any atom is 0.305 e. The first-order valence-corrected chi connectivity index (χ1v) is 19.6. The van der Waals surface area contributed by atoms with Crippen LogP contribution in [-0.4, -0.2) is 63.3 Å². The van der Waals surface area contributed by atoms with Gasteiger partial charge in [0.25, 0.3) is 5.91 Å². The van der Waals surface area contributed by atoms with Crippen LogP contribution >= 0.6 is 0 Å². The molecular formula is C49H51FN2O8. The Kier molecular flexibility index (Phi) is 15.8. The Morgan fingerprint density at radius 3 is 1.90 bits per heavy atom. The van der Waals surface area contributed by atoms with Crippen LogP contribution in [0.25, 0.3) is 34.5 Å². The predicted molar refractivity (Wildman–Crippen MR) is 234 cm³/mol. The van der Waals surface area contributed by atoms with Gasteiger partial charge in [-0.15, -0.1) is 0 Å². The predicted octanol–water partition coefficient (Wildman–Crippen LogP) is 9.89. The van der Waals surface area contributed by atoms with E-state index < -0.39 is 24.6 Å². The van der Waals surface area contributed by atoms with Gasteiger partial charge >= 0.3 is 5.97 Å². The fourth-order valence-corrected chi connectivity index (χ4v) is 6.91. The maximum atomic E-state index is 14.0. The average Bonchev–Trinajstić information content (AvgIpc) is 3.59. The molecule has 5 aromatic carbocycles. The molecule has 0 spiro atoms. The van der Waals surface area contributed by atoms with Gasteiger partial charge < -0.3 is 39.8 Å². The smallest absolute Gasteiger partial charge is 0.305 e. The second-order valence-electron chi connectivity index (χ2n) is 14.5. The first kappa shape index (κ1) is 44.4. The molecule has 6 rings (SSSR count). The van der Waals surface area contributed by atoms with Gasteiger partial charge in [0.05, 0.1) is 44.1 Å². The number of carbonyl (C=O) groups excluding carboxylic acids is 1. The number of methoxy groups -OCH3 is 2. The summed E-state index contributed by atoms with van der Waals surface area (Å²) in [5.74, 6) is -0.162. The van der Waals surface area contributed by atoms with Gasteiger partial charge in [0.15, 0.2) is 0 Å². The Morgan fingerprint density at radius 1 is 0.750 bits per heavy atom. The molecule has 0 saturated carbocycles. The number of hydrogen-bond acceptors (Lipinski definition) is 7. The largest absolute Gasteiger partial charge is 0.508 e. The van der Waals surface area contributed by atoms with E-state index in [1.807, 2.05) is 122 Å². The minimum Gasteiger partial charge on any atom is -0.508 e. The minimum atomic E-state index is -1.18. The van der Waals surface area contributed by atoms with Gasteiger partial charge in [0, 0.05) is 29.6 Å². The molecule has 1 heterocycles. The van der Waals surface area contributed by atoms with Crippen molar-refractivity contribution < 1.29 is 43.9 Å². The number of carboxylic acid groups (broad SMARTS) is 1. The molecule has 0 radical (unpaired) electrons. The van der Waals surface area contributed by atoms with E-state index in [2.05, 4.69) is 5.32 Å². The summed E-state index contributed by atoms with van der Waals surface area (Å²) in [6, 6.07) is 37.5. The number of ether oxygens (including phenoxy) is 2. The molecule has 0 unspecified atom stereocenters. The van der Waals surface area contributed by atoms with Crippen molar-refractivity contribution in [1.82, 2.24) is 4.57 Å². The van der Waals surface area contributed by atoms with Gasteiger partial charge in [0.1, 0.15) is 23.1 Å². The SMILES string of the molecule is CC(C)c1c(C(=O)Nc2ccccc2)c(-c2ccccc2)c(-c2ccc(F)cc2)n1CC[C@@H](O)C[C@@H](O)CC(=O)O.COc1cc(/C=C/c2ccc(O)cc2)cc(OC)c1. The van der Waals surface area contributed by atoms with Gasteiger partial charge in [-0.2, -0.15) is 0 Å². The zero-order valence-corrected chi connectivity index (χ0v) is 34.1. The van der Waals surface area contributed by atoms with Gasteiger partial charge in [-0.05, 0) is 102 Å². The Hall–Kier alpha value is -6.69. The summed E-state index contributed by atoms with van der Waals surface area (Å²) < 4.78 is 26.4. The zero-order valence-electron chi connectivity index (χ0n) is 34.1. The number of aliphatic carboxylic acids is 1. The highest BCUT2D eigenvalue weighted by Gasteiger charge is 2.31. The summed E-state index contributed by atoms with van der Waals surface area (Å²) in [5.41, 5.74) is 6.78. The first-order chi connectivity index (χ1) is 28.9. The highest BCUT2D eigenvalue weighted by Crippen LogP contribution is 2.43. The van der Waals surface area contributed by atoms with Crippen LogP contribution in [-0.2, 0) is 11.3 Å². The Balaban J connectivity index is 0.000000299. The molecule has 0 saturated heterocycles. The number of phenolic OH excluding ortho intramolecular Hbond substituents is 1. The molecule has 0 bridgehead atoms. The van der Waals surface area contributed by atoms with Crippen molar-refractivity contribution in [3.63, 3.8) is 0 Å². The zero-order chi connectivity index (χ0) is 43.2. The summed E-state index contributed by atoms with van der Waals surface area (Å²) in [6.07, 6.45) is 1.43. The summed E-state index contributed by atoms with van der Waals surface area (Å²) in [4.78, 5) is 25.0. The number of phenols is 1. The van der Waals surface area contributed by atoms with Crippen molar-refractivity contribution in [1.29, 1.82) is 0 Å². The topological polar surface area (TPSA) is 150 Å². The molecule has 0 fully saturated rings. The highest BCUT2D eigenvalue weighted by atomic mass is 19.1. The molecule has 2 atom stereocenters. The first-order valence-electron chi connectivity index (χ1n) is 19.6.